The number of unbranched alkanes of at least 4 members (excludes halogenated alkanes) is 1. The van der Waals surface area contributed by atoms with Crippen molar-refractivity contribution >= 4 is 11.7 Å². The van der Waals surface area contributed by atoms with E-state index in [-0.39, 0.29) is 12.8 Å². The molecule has 0 bridgehead atoms. The van der Waals surface area contributed by atoms with Crippen molar-refractivity contribution in [2.24, 2.45) is 5.18 Å². The fourth-order valence-corrected chi connectivity index (χ4v) is 4.13. The smallest absolute Gasteiger partial charge is 0.303 e. The molecule has 1 fully saturated rings. The van der Waals surface area contributed by atoms with E-state index in [1.54, 1.807) is 7.11 Å². The van der Waals surface area contributed by atoms with E-state index in [2.05, 4.69) is 27.1 Å². The summed E-state index contributed by atoms with van der Waals surface area (Å²) in [6.07, 6.45) is 3.46. The molecular weight excluding hydrogens is 406 g/mol. The quantitative estimate of drug-likeness (QED) is 0.387. The molecule has 172 valence electrons. The molecule has 2 aromatic carbocycles. The Morgan fingerprint density at radius 3 is 2.31 bits per heavy atom. The lowest BCUT2D eigenvalue weighted by atomic mass is 9.99. The molecule has 0 radical (unpaired) electrons. The lowest BCUT2D eigenvalue weighted by Crippen LogP contribution is -2.46. The Bertz CT molecular complexity index is 846. The first kappa shape index (κ1) is 23.7. The number of carbonyl (C=O) groups is 1. The summed E-state index contributed by atoms with van der Waals surface area (Å²) >= 11 is 0. The summed E-state index contributed by atoms with van der Waals surface area (Å²) in [7, 11) is 1.69. The largest absolute Gasteiger partial charge is 0.497 e. The van der Waals surface area contributed by atoms with E-state index in [9.17, 15) is 9.70 Å². The van der Waals surface area contributed by atoms with Crippen molar-refractivity contribution in [2.75, 3.05) is 44.7 Å². The molecule has 1 heterocycles. The highest BCUT2D eigenvalue weighted by atomic mass is 16.5. The van der Waals surface area contributed by atoms with Crippen LogP contribution in [0, 0.1) is 4.91 Å². The first-order valence-electron chi connectivity index (χ1n) is 11.3. The number of aryl methyl sites for hydroxylation is 1. The van der Waals surface area contributed by atoms with Crippen LogP contribution in [0.25, 0.3) is 0 Å². The molecular formula is C25H33N3O4. The number of piperazine rings is 1. The van der Waals surface area contributed by atoms with E-state index in [0.29, 0.717) is 0 Å². The van der Waals surface area contributed by atoms with Gasteiger partial charge < -0.3 is 14.7 Å². The van der Waals surface area contributed by atoms with Gasteiger partial charge in [-0.05, 0) is 67.6 Å². The van der Waals surface area contributed by atoms with Gasteiger partial charge in [-0.3, -0.25) is 9.69 Å². The zero-order valence-corrected chi connectivity index (χ0v) is 18.8. The Morgan fingerprint density at radius 2 is 1.72 bits per heavy atom. The summed E-state index contributed by atoms with van der Waals surface area (Å²) in [5.74, 6) is -0.0159. The molecule has 7 heteroatoms. The molecule has 0 spiro atoms. The highest BCUT2D eigenvalue weighted by Crippen LogP contribution is 2.24. The van der Waals surface area contributed by atoms with Crippen LogP contribution >= 0.6 is 0 Å². The molecule has 1 saturated heterocycles. The van der Waals surface area contributed by atoms with Gasteiger partial charge in [0.05, 0.1) is 7.11 Å². The molecule has 2 aromatic rings. The maximum absolute atomic E-state index is 11.0. The average molecular weight is 440 g/mol. The van der Waals surface area contributed by atoms with Crippen molar-refractivity contribution in [1.29, 1.82) is 0 Å². The van der Waals surface area contributed by atoms with Crippen molar-refractivity contribution in [3.63, 3.8) is 0 Å². The Hall–Kier alpha value is -2.93. The van der Waals surface area contributed by atoms with Crippen LogP contribution < -0.4 is 9.64 Å². The highest BCUT2D eigenvalue weighted by Gasteiger charge is 2.17. The third-order valence-corrected chi connectivity index (χ3v) is 6.12. The Balaban J connectivity index is 1.35. The minimum atomic E-state index is -0.905. The number of aliphatic carboxylic acids is 1. The number of carboxylic acid groups (broad SMARTS) is 1. The predicted molar refractivity (Wildman–Crippen MR) is 126 cm³/mol. The van der Waals surface area contributed by atoms with Gasteiger partial charge in [0.15, 0.2) is 0 Å². The van der Waals surface area contributed by atoms with Crippen molar-refractivity contribution in [2.45, 2.75) is 38.1 Å². The van der Waals surface area contributed by atoms with Gasteiger partial charge in [-0.1, -0.05) is 29.4 Å². The highest BCUT2D eigenvalue weighted by molar-refractivity contribution is 5.66. The fraction of sp³-hybridized carbons (Fsp3) is 0.480. The SMILES string of the molecule is COc1ccc(N2CCN(CCCCc3ccc(C(CCC(=O)O)N=O)cc3)CC2)cc1. The van der Waals surface area contributed by atoms with E-state index in [4.69, 9.17) is 9.84 Å². The van der Waals surface area contributed by atoms with Crippen LogP contribution in [0.1, 0.15) is 42.9 Å². The number of carboxylic acids is 1. The molecule has 3 rings (SSSR count). The van der Waals surface area contributed by atoms with Crippen LogP contribution in [0.15, 0.2) is 53.7 Å². The van der Waals surface area contributed by atoms with Crippen LogP contribution in [0.3, 0.4) is 0 Å². The molecule has 0 aromatic heterocycles. The molecule has 32 heavy (non-hydrogen) atoms. The number of rotatable bonds is 12. The average Bonchev–Trinajstić information content (AvgIpc) is 2.83. The normalized spacial score (nSPS) is 15.3. The summed E-state index contributed by atoms with van der Waals surface area (Å²) in [6.45, 7) is 5.36. The number of methoxy groups -OCH3 is 1. The fourth-order valence-electron chi connectivity index (χ4n) is 4.13. The molecule has 1 aliphatic heterocycles. The van der Waals surface area contributed by atoms with Gasteiger partial charge in [-0.25, -0.2) is 0 Å². The van der Waals surface area contributed by atoms with Crippen molar-refractivity contribution in [3.05, 3.63) is 64.6 Å². The van der Waals surface area contributed by atoms with Crippen LogP contribution in [0.4, 0.5) is 5.69 Å². The maximum atomic E-state index is 11.0. The molecule has 7 nitrogen and oxygen atoms in total. The molecule has 0 amide bonds. The first-order valence-corrected chi connectivity index (χ1v) is 11.3. The van der Waals surface area contributed by atoms with Gasteiger partial charge in [0.2, 0.25) is 0 Å². The summed E-state index contributed by atoms with van der Waals surface area (Å²) < 4.78 is 5.24. The maximum Gasteiger partial charge on any atom is 0.303 e. The van der Waals surface area contributed by atoms with Crippen LogP contribution in [0.5, 0.6) is 5.75 Å². The van der Waals surface area contributed by atoms with E-state index in [0.717, 1.165) is 63.3 Å². The van der Waals surface area contributed by atoms with Gasteiger partial charge in [0.25, 0.3) is 0 Å². The molecule has 0 aliphatic carbocycles. The number of anilines is 1. The summed E-state index contributed by atoms with van der Waals surface area (Å²) in [5, 5.41) is 11.9. The zero-order chi connectivity index (χ0) is 22.8. The minimum Gasteiger partial charge on any atom is -0.497 e. The predicted octanol–water partition coefficient (Wildman–Crippen LogP) is 4.51. The minimum absolute atomic E-state index is 0.0491. The number of ether oxygens (including phenoxy) is 1. The van der Waals surface area contributed by atoms with Crippen LogP contribution in [0.2, 0.25) is 0 Å². The molecule has 0 saturated carbocycles. The Kier molecular flexibility index (Phi) is 9.04. The third-order valence-electron chi connectivity index (χ3n) is 6.12. The molecule has 1 atom stereocenters. The first-order chi connectivity index (χ1) is 15.6. The summed E-state index contributed by atoms with van der Waals surface area (Å²) in [4.78, 5) is 26.7. The number of nitroso groups, excluding NO2 is 1. The van der Waals surface area contributed by atoms with Crippen molar-refractivity contribution in [1.82, 2.24) is 4.90 Å². The zero-order valence-electron chi connectivity index (χ0n) is 18.8. The third kappa shape index (κ3) is 7.05. The van der Waals surface area contributed by atoms with E-state index < -0.39 is 12.0 Å². The van der Waals surface area contributed by atoms with Crippen molar-refractivity contribution < 1.29 is 14.6 Å². The van der Waals surface area contributed by atoms with Gasteiger partial charge >= 0.3 is 5.97 Å². The number of benzene rings is 2. The second-order valence-electron chi connectivity index (χ2n) is 8.28. The topological polar surface area (TPSA) is 82.4 Å². The van der Waals surface area contributed by atoms with Gasteiger partial charge in [-0.15, -0.1) is 0 Å². The van der Waals surface area contributed by atoms with Gasteiger partial charge in [0, 0.05) is 38.3 Å². The number of hydrogen-bond acceptors (Lipinski definition) is 6. The van der Waals surface area contributed by atoms with Gasteiger partial charge in [0.1, 0.15) is 11.8 Å². The standard InChI is InChI=1S/C25H33N3O4/c1-32-23-11-9-22(10-12-23)28-18-16-27(17-19-28)15-3-2-4-20-5-7-21(8-6-20)24(26-31)13-14-25(29)30/h5-12,24H,2-4,13-19H2,1H3,(H,29,30). The Labute approximate surface area is 190 Å². The number of hydrogen-bond donors (Lipinski definition) is 1. The lowest BCUT2D eigenvalue weighted by Gasteiger charge is -2.36. The summed E-state index contributed by atoms with van der Waals surface area (Å²) in [5.41, 5.74) is 3.28. The second kappa shape index (κ2) is 12.2. The molecule has 1 unspecified atom stereocenters. The number of nitrogens with zero attached hydrogens (tertiary/aromatic N) is 3. The Morgan fingerprint density at radius 1 is 1.03 bits per heavy atom. The summed E-state index contributed by atoms with van der Waals surface area (Å²) in [6, 6.07) is 15.6. The van der Waals surface area contributed by atoms with E-state index >= 15 is 0 Å². The van der Waals surface area contributed by atoms with E-state index in [1.165, 1.54) is 11.3 Å². The van der Waals surface area contributed by atoms with Crippen LogP contribution in [-0.4, -0.2) is 55.8 Å². The van der Waals surface area contributed by atoms with Crippen LogP contribution in [-0.2, 0) is 11.2 Å². The molecule has 1 aliphatic rings. The monoisotopic (exact) mass is 439 g/mol. The van der Waals surface area contributed by atoms with Crippen molar-refractivity contribution in [3.8, 4) is 5.75 Å². The lowest BCUT2D eigenvalue weighted by molar-refractivity contribution is -0.137. The molecule has 1 N–H and O–H groups in total. The second-order valence-corrected chi connectivity index (χ2v) is 8.28. The van der Waals surface area contributed by atoms with Gasteiger partial charge in [-0.2, -0.15) is 4.91 Å². The van der Waals surface area contributed by atoms with E-state index in [1.807, 2.05) is 36.4 Å².